The third-order valence-corrected chi connectivity index (χ3v) is 3.65. The van der Waals surface area contributed by atoms with Gasteiger partial charge in [-0.05, 0) is 42.9 Å². The third-order valence-electron chi connectivity index (χ3n) is 3.12. The fourth-order valence-electron chi connectivity index (χ4n) is 2.29. The number of halogens is 1. The first kappa shape index (κ1) is 10.2. The number of benzene rings is 1. The van der Waals surface area contributed by atoms with Gasteiger partial charge in [0.15, 0.2) is 0 Å². The van der Waals surface area contributed by atoms with Crippen LogP contribution in [0.1, 0.15) is 31.7 Å². The molecule has 0 spiro atoms. The van der Waals surface area contributed by atoms with Gasteiger partial charge in [-0.3, -0.25) is 0 Å². The average molecular weight is 255 g/mol. The molecule has 1 nitrogen and oxygen atoms in total. The van der Waals surface area contributed by atoms with E-state index < -0.39 is 5.60 Å². The monoisotopic (exact) mass is 254 g/mol. The predicted molar refractivity (Wildman–Crippen MR) is 61.1 cm³/mol. The smallest absolute Gasteiger partial charge is 0.0899 e. The summed E-state index contributed by atoms with van der Waals surface area (Å²) in [5, 5.41) is 10.4. The van der Waals surface area contributed by atoms with Crippen LogP contribution in [0.15, 0.2) is 28.7 Å². The molecule has 76 valence electrons. The summed E-state index contributed by atoms with van der Waals surface area (Å²) >= 11 is 3.40. The summed E-state index contributed by atoms with van der Waals surface area (Å²) in [6, 6.07) is 8.02. The second-order valence-electron chi connectivity index (χ2n) is 4.39. The lowest BCUT2D eigenvalue weighted by Gasteiger charge is -2.23. The number of rotatable bonds is 1. The highest BCUT2D eigenvalue weighted by atomic mass is 79.9. The van der Waals surface area contributed by atoms with Crippen molar-refractivity contribution in [1.29, 1.82) is 0 Å². The Hall–Kier alpha value is -0.340. The van der Waals surface area contributed by atoms with E-state index in [0.717, 1.165) is 29.3 Å². The highest BCUT2D eigenvalue weighted by Gasteiger charge is 2.36. The third kappa shape index (κ3) is 1.86. The van der Waals surface area contributed by atoms with Crippen molar-refractivity contribution in [2.75, 3.05) is 0 Å². The van der Waals surface area contributed by atoms with Crippen LogP contribution in [-0.4, -0.2) is 5.11 Å². The summed E-state index contributed by atoms with van der Waals surface area (Å²) in [7, 11) is 0. The molecule has 1 aliphatic rings. The first-order valence-corrected chi connectivity index (χ1v) is 5.88. The summed E-state index contributed by atoms with van der Waals surface area (Å²) in [5.74, 6) is 0.642. The first-order chi connectivity index (χ1) is 6.60. The van der Waals surface area contributed by atoms with Gasteiger partial charge in [-0.2, -0.15) is 0 Å². The lowest BCUT2D eigenvalue weighted by atomic mass is 9.91. The van der Waals surface area contributed by atoms with Gasteiger partial charge in [0.25, 0.3) is 0 Å². The second kappa shape index (κ2) is 3.67. The zero-order chi connectivity index (χ0) is 10.2. The maximum Gasteiger partial charge on any atom is 0.0899 e. The SMILES string of the molecule is CC1CCC(O)(c2ccc(Br)cc2)C1. The van der Waals surface area contributed by atoms with E-state index in [1.165, 1.54) is 0 Å². The molecule has 1 fully saturated rings. The summed E-state index contributed by atoms with van der Waals surface area (Å²) in [6.45, 7) is 2.21. The molecule has 0 amide bonds. The topological polar surface area (TPSA) is 20.2 Å². The van der Waals surface area contributed by atoms with Crippen LogP contribution in [0.5, 0.6) is 0 Å². The molecular weight excluding hydrogens is 240 g/mol. The Morgan fingerprint density at radius 3 is 2.50 bits per heavy atom. The standard InChI is InChI=1S/C12H15BrO/c1-9-6-7-12(14,8-9)10-2-4-11(13)5-3-10/h2-5,9,14H,6-8H2,1H3. The quantitative estimate of drug-likeness (QED) is 0.814. The highest BCUT2D eigenvalue weighted by Crippen LogP contribution is 2.41. The molecule has 1 aromatic rings. The number of aliphatic hydroxyl groups is 1. The van der Waals surface area contributed by atoms with E-state index >= 15 is 0 Å². The van der Waals surface area contributed by atoms with Gasteiger partial charge in [-0.1, -0.05) is 35.0 Å². The maximum absolute atomic E-state index is 10.4. The van der Waals surface area contributed by atoms with Crippen molar-refractivity contribution in [1.82, 2.24) is 0 Å². The summed E-state index contributed by atoms with van der Waals surface area (Å²) < 4.78 is 1.07. The Labute approximate surface area is 93.3 Å². The van der Waals surface area contributed by atoms with Gasteiger partial charge >= 0.3 is 0 Å². The molecule has 2 unspecified atom stereocenters. The highest BCUT2D eigenvalue weighted by molar-refractivity contribution is 9.10. The molecule has 14 heavy (non-hydrogen) atoms. The van der Waals surface area contributed by atoms with E-state index in [4.69, 9.17) is 0 Å². The molecule has 0 bridgehead atoms. The van der Waals surface area contributed by atoms with E-state index in [1.54, 1.807) is 0 Å². The average Bonchev–Trinajstić information content (AvgIpc) is 2.48. The molecule has 1 saturated carbocycles. The Kier molecular flexibility index (Phi) is 2.67. The number of hydrogen-bond donors (Lipinski definition) is 1. The van der Waals surface area contributed by atoms with Crippen molar-refractivity contribution in [2.24, 2.45) is 5.92 Å². The van der Waals surface area contributed by atoms with Crippen molar-refractivity contribution in [3.8, 4) is 0 Å². The Bertz CT molecular complexity index is 320. The molecule has 0 heterocycles. The fourth-order valence-corrected chi connectivity index (χ4v) is 2.55. The van der Waals surface area contributed by atoms with Gasteiger partial charge in [0, 0.05) is 4.47 Å². The van der Waals surface area contributed by atoms with Crippen molar-refractivity contribution in [3.63, 3.8) is 0 Å². The molecule has 1 aliphatic carbocycles. The van der Waals surface area contributed by atoms with Crippen LogP contribution in [0, 0.1) is 5.92 Å². The van der Waals surface area contributed by atoms with Gasteiger partial charge in [0.1, 0.15) is 0 Å². The molecule has 2 heteroatoms. The van der Waals surface area contributed by atoms with Crippen molar-refractivity contribution in [3.05, 3.63) is 34.3 Å². The van der Waals surface area contributed by atoms with Gasteiger partial charge in [-0.25, -0.2) is 0 Å². The molecule has 2 rings (SSSR count). The largest absolute Gasteiger partial charge is 0.385 e. The zero-order valence-electron chi connectivity index (χ0n) is 8.33. The van der Waals surface area contributed by atoms with Crippen LogP contribution >= 0.6 is 15.9 Å². The molecule has 0 saturated heterocycles. The molecule has 0 aromatic heterocycles. The van der Waals surface area contributed by atoms with Gasteiger partial charge in [0.05, 0.1) is 5.60 Å². The van der Waals surface area contributed by atoms with Gasteiger partial charge in [0.2, 0.25) is 0 Å². The molecule has 2 atom stereocenters. The second-order valence-corrected chi connectivity index (χ2v) is 5.30. The zero-order valence-corrected chi connectivity index (χ0v) is 9.92. The molecule has 1 aromatic carbocycles. The van der Waals surface area contributed by atoms with Crippen LogP contribution in [0.4, 0.5) is 0 Å². The van der Waals surface area contributed by atoms with E-state index in [-0.39, 0.29) is 0 Å². The van der Waals surface area contributed by atoms with E-state index in [9.17, 15) is 5.11 Å². The van der Waals surface area contributed by atoms with Crippen LogP contribution in [-0.2, 0) is 5.60 Å². The normalized spacial score (nSPS) is 32.1. The van der Waals surface area contributed by atoms with Crippen LogP contribution in [0.25, 0.3) is 0 Å². The minimum atomic E-state index is -0.569. The minimum Gasteiger partial charge on any atom is -0.385 e. The van der Waals surface area contributed by atoms with Crippen molar-refractivity contribution < 1.29 is 5.11 Å². The van der Waals surface area contributed by atoms with E-state index in [1.807, 2.05) is 24.3 Å². The molecule has 1 N–H and O–H groups in total. The van der Waals surface area contributed by atoms with Crippen LogP contribution in [0.2, 0.25) is 0 Å². The number of hydrogen-bond acceptors (Lipinski definition) is 1. The maximum atomic E-state index is 10.4. The Morgan fingerprint density at radius 1 is 1.36 bits per heavy atom. The molecular formula is C12H15BrO. The van der Waals surface area contributed by atoms with E-state index in [0.29, 0.717) is 5.92 Å². The van der Waals surface area contributed by atoms with Crippen molar-refractivity contribution >= 4 is 15.9 Å². The van der Waals surface area contributed by atoms with Crippen LogP contribution in [0.3, 0.4) is 0 Å². The Balaban J connectivity index is 2.26. The van der Waals surface area contributed by atoms with Gasteiger partial charge in [-0.15, -0.1) is 0 Å². The van der Waals surface area contributed by atoms with Gasteiger partial charge < -0.3 is 5.11 Å². The van der Waals surface area contributed by atoms with E-state index in [2.05, 4.69) is 22.9 Å². The predicted octanol–water partition coefficient (Wildman–Crippen LogP) is 3.46. The lowest BCUT2D eigenvalue weighted by Crippen LogP contribution is -2.21. The first-order valence-electron chi connectivity index (χ1n) is 5.08. The lowest BCUT2D eigenvalue weighted by molar-refractivity contribution is 0.0408. The Morgan fingerprint density at radius 2 is 2.00 bits per heavy atom. The fraction of sp³-hybridized carbons (Fsp3) is 0.500. The molecule has 0 aliphatic heterocycles. The van der Waals surface area contributed by atoms with Crippen molar-refractivity contribution in [2.45, 2.75) is 31.8 Å². The molecule has 0 radical (unpaired) electrons. The minimum absolute atomic E-state index is 0.569. The summed E-state index contributed by atoms with van der Waals surface area (Å²) in [4.78, 5) is 0. The summed E-state index contributed by atoms with van der Waals surface area (Å²) in [5.41, 5.74) is 0.491. The van der Waals surface area contributed by atoms with Crippen LogP contribution < -0.4 is 0 Å². The summed E-state index contributed by atoms with van der Waals surface area (Å²) in [6.07, 6.45) is 2.93.